The van der Waals surface area contributed by atoms with E-state index in [9.17, 15) is 9.59 Å². The van der Waals surface area contributed by atoms with Crippen molar-refractivity contribution in [1.29, 1.82) is 0 Å². The van der Waals surface area contributed by atoms with Gasteiger partial charge in [-0.05, 0) is 55.7 Å². The van der Waals surface area contributed by atoms with Gasteiger partial charge in [0.25, 0.3) is 0 Å². The fraction of sp³-hybridized carbons (Fsp3) is 0.500. The Labute approximate surface area is 168 Å². The van der Waals surface area contributed by atoms with Crippen LogP contribution in [0.2, 0.25) is 0 Å². The molecule has 0 spiro atoms. The summed E-state index contributed by atoms with van der Waals surface area (Å²) in [5.41, 5.74) is 3.04. The summed E-state index contributed by atoms with van der Waals surface area (Å²) < 4.78 is 0. The first-order valence-corrected chi connectivity index (χ1v) is 10.1. The van der Waals surface area contributed by atoms with Gasteiger partial charge in [0.15, 0.2) is 0 Å². The highest BCUT2D eigenvalue weighted by Crippen LogP contribution is 2.24. The van der Waals surface area contributed by atoms with Crippen LogP contribution in [0.25, 0.3) is 0 Å². The lowest BCUT2D eigenvalue weighted by Gasteiger charge is -2.22. The number of nitrogens with zero attached hydrogens (tertiary/aromatic N) is 1. The van der Waals surface area contributed by atoms with Gasteiger partial charge in [-0.2, -0.15) is 0 Å². The van der Waals surface area contributed by atoms with Gasteiger partial charge in [-0.25, -0.2) is 4.79 Å². The van der Waals surface area contributed by atoms with Crippen molar-refractivity contribution in [3.8, 4) is 0 Å². The molecule has 0 aliphatic carbocycles. The summed E-state index contributed by atoms with van der Waals surface area (Å²) in [5, 5.41) is 8.98. The van der Waals surface area contributed by atoms with Crippen LogP contribution in [0.4, 0.5) is 0 Å². The highest BCUT2D eigenvalue weighted by Gasteiger charge is 2.28. The molecule has 0 saturated carbocycles. The Morgan fingerprint density at radius 1 is 1.25 bits per heavy atom. The fourth-order valence-electron chi connectivity index (χ4n) is 3.31. The van der Waals surface area contributed by atoms with E-state index >= 15 is 0 Å². The Morgan fingerprint density at radius 2 is 1.93 bits per heavy atom. The number of carboxylic acid groups (broad SMARTS) is 1. The molecule has 0 aromatic heterocycles. The van der Waals surface area contributed by atoms with Crippen molar-refractivity contribution in [2.24, 2.45) is 5.41 Å². The molecular formula is C24H33NO3. The number of hydrogen-bond acceptors (Lipinski definition) is 2. The SMILES string of the molecule is C/C(=C\C=C\[C@H]1CCC(=O)N1CCc1ccc(C(=O)O)cc1)CCC(C)(C)C. The number of benzene rings is 1. The molecule has 1 heterocycles. The summed E-state index contributed by atoms with van der Waals surface area (Å²) in [4.78, 5) is 25.1. The third-order valence-corrected chi connectivity index (χ3v) is 5.20. The van der Waals surface area contributed by atoms with Crippen LogP contribution in [0, 0.1) is 5.41 Å². The average Bonchev–Trinajstić information content (AvgIpc) is 2.98. The molecule has 1 aliphatic rings. The number of rotatable bonds is 8. The summed E-state index contributed by atoms with van der Waals surface area (Å²) in [6, 6.07) is 7.04. The van der Waals surface area contributed by atoms with E-state index in [0.717, 1.165) is 31.2 Å². The summed E-state index contributed by atoms with van der Waals surface area (Å²) in [5.74, 6) is -0.720. The molecule has 1 N–H and O–H groups in total. The summed E-state index contributed by atoms with van der Waals surface area (Å²) >= 11 is 0. The van der Waals surface area contributed by atoms with Gasteiger partial charge in [0.05, 0.1) is 11.6 Å². The third-order valence-electron chi connectivity index (χ3n) is 5.20. The molecule has 4 heteroatoms. The number of aromatic carboxylic acids is 1. The van der Waals surface area contributed by atoms with Gasteiger partial charge >= 0.3 is 5.97 Å². The van der Waals surface area contributed by atoms with Gasteiger partial charge in [-0.1, -0.05) is 56.7 Å². The topological polar surface area (TPSA) is 57.6 Å². The van der Waals surface area contributed by atoms with E-state index < -0.39 is 5.97 Å². The zero-order valence-electron chi connectivity index (χ0n) is 17.6. The average molecular weight is 384 g/mol. The Hall–Kier alpha value is -2.36. The molecule has 1 aromatic rings. The molecule has 28 heavy (non-hydrogen) atoms. The van der Waals surface area contributed by atoms with Crippen LogP contribution in [0.15, 0.2) is 48.1 Å². The Kier molecular flexibility index (Phi) is 7.61. The maximum absolute atomic E-state index is 12.3. The van der Waals surface area contributed by atoms with Crippen molar-refractivity contribution >= 4 is 11.9 Å². The normalized spacial score (nSPS) is 18.3. The minimum Gasteiger partial charge on any atom is -0.478 e. The van der Waals surface area contributed by atoms with Gasteiger partial charge in [0.2, 0.25) is 5.91 Å². The van der Waals surface area contributed by atoms with Crippen LogP contribution in [-0.4, -0.2) is 34.5 Å². The first-order valence-electron chi connectivity index (χ1n) is 10.1. The number of carboxylic acids is 1. The Bertz CT molecular complexity index is 738. The van der Waals surface area contributed by atoms with Gasteiger partial charge in [0, 0.05) is 13.0 Å². The second-order valence-electron chi connectivity index (χ2n) is 8.90. The molecule has 0 unspecified atom stereocenters. The van der Waals surface area contributed by atoms with Crippen LogP contribution < -0.4 is 0 Å². The number of carbonyl (C=O) groups is 2. The second kappa shape index (κ2) is 9.72. The second-order valence-corrected chi connectivity index (χ2v) is 8.90. The quantitative estimate of drug-likeness (QED) is 0.624. The lowest BCUT2D eigenvalue weighted by Crippen LogP contribution is -2.33. The van der Waals surface area contributed by atoms with Crippen molar-refractivity contribution in [1.82, 2.24) is 4.90 Å². The molecular weight excluding hydrogens is 350 g/mol. The molecule has 2 rings (SSSR count). The molecule has 4 nitrogen and oxygen atoms in total. The van der Waals surface area contributed by atoms with Crippen LogP contribution >= 0.6 is 0 Å². The van der Waals surface area contributed by atoms with E-state index in [1.807, 2.05) is 17.0 Å². The number of amides is 1. The molecule has 0 radical (unpaired) electrons. The number of carbonyl (C=O) groups excluding carboxylic acids is 1. The molecule has 1 fully saturated rings. The van der Waals surface area contributed by atoms with E-state index in [2.05, 4.69) is 45.9 Å². The lowest BCUT2D eigenvalue weighted by molar-refractivity contribution is -0.128. The molecule has 152 valence electrons. The zero-order chi connectivity index (χ0) is 20.7. The Morgan fingerprint density at radius 3 is 2.54 bits per heavy atom. The van der Waals surface area contributed by atoms with Gasteiger partial charge in [0.1, 0.15) is 0 Å². The van der Waals surface area contributed by atoms with Gasteiger partial charge in [-0.3, -0.25) is 4.79 Å². The molecule has 1 atom stereocenters. The predicted octanol–water partition coefficient (Wildman–Crippen LogP) is 5.25. The molecule has 1 saturated heterocycles. The summed E-state index contributed by atoms with van der Waals surface area (Å²) in [6.07, 6.45) is 10.8. The molecule has 1 amide bonds. The largest absolute Gasteiger partial charge is 0.478 e. The van der Waals surface area contributed by atoms with Crippen molar-refractivity contribution in [3.63, 3.8) is 0 Å². The standard InChI is InChI=1S/C24H33NO3/c1-18(14-16-24(2,3)4)6-5-7-21-12-13-22(26)25(21)17-15-19-8-10-20(11-9-19)23(27)28/h5-11,21H,12-17H2,1-4H3,(H,27,28)/b7-5+,18-6+/t21-/m0/s1. The van der Waals surface area contributed by atoms with Crippen molar-refractivity contribution in [2.45, 2.75) is 65.8 Å². The molecule has 0 bridgehead atoms. The highest BCUT2D eigenvalue weighted by atomic mass is 16.4. The highest BCUT2D eigenvalue weighted by molar-refractivity contribution is 5.87. The van der Waals surface area contributed by atoms with Crippen LogP contribution in [-0.2, 0) is 11.2 Å². The van der Waals surface area contributed by atoms with E-state index in [-0.39, 0.29) is 17.5 Å². The van der Waals surface area contributed by atoms with Gasteiger partial charge < -0.3 is 10.0 Å². The van der Waals surface area contributed by atoms with Crippen LogP contribution in [0.3, 0.4) is 0 Å². The van der Waals surface area contributed by atoms with Crippen molar-refractivity contribution in [2.75, 3.05) is 6.54 Å². The maximum atomic E-state index is 12.3. The third kappa shape index (κ3) is 6.99. The van der Waals surface area contributed by atoms with Crippen LogP contribution in [0.1, 0.15) is 69.3 Å². The monoisotopic (exact) mass is 383 g/mol. The first-order chi connectivity index (χ1) is 13.2. The fourth-order valence-corrected chi connectivity index (χ4v) is 3.31. The summed E-state index contributed by atoms with van der Waals surface area (Å²) in [6.45, 7) is 9.59. The van der Waals surface area contributed by atoms with E-state index in [1.165, 1.54) is 5.57 Å². The smallest absolute Gasteiger partial charge is 0.335 e. The number of hydrogen-bond donors (Lipinski definition) is 1. The summed E-state index contributed by atoms with van der Waals surface area (Å²) in [7, 11) is 0. The van der Waals surface area contributed by atoms with E-state index in [4.69, 9.17) is 5.11 Å². The minimum atomic E-state index is -0.919. The zero-order valence-corrected chi connectivity index (χ0v) is 17.6. The van der Waals surface area contributed by atoms with Gasteiger partial charge in [-0.15, -0.1) is 0 Å². The van der Waals surface area contributed by atoms with Crippen molar-refractivity contribution in [3.05, 3.63) is 59.2 Å². The molecule has 1 aromatic carbocycles. The molecule has 1 aliphatic heterocycles. The predicted molar refractivity (Wildman–Crippen MR) is 113 cm³/mol. The van der Waals surface area contributed by atoms with E-state index in [1.54, 1.807) is 12.1 Å². The lowest BCUT2D eigenvalue weighted by atomic mass is 9.89. The minimum absolute atomic E-state index is 0.150. The van der Waals surface area contributed by atoms with Crippen LogP contribution in [0.5, 0.6) is 0 Å². The van der Waals surface area contributed by atoms with Crippen molar-refractivity contribution < 1.29 is 14.7 Å². The number of likely N-dealkylation sites (tertiary alicyclic amines) is 1. The number of allylic oxidation sites excluding steroid dienone is 3. The Balaban J connectivity index is 1.90. The van der Waals surface area contributed by atoms with E-state index in [0.29, 0.717) is 18.4 Å². The first kappa shape index (κ1) is 21.9. The maximum Gasteiger partial charge on any atom is 0.335 e.